The monoisotopic (exact) mass is 659 g/mol. The number of benzene rings is 1. The molecule has 0 aliphatic carbocycles. The number of carbonyl (C=O) groups excluding carboxylic acids is 3. The Bertz CT molecular complexity index is 1780. The van der Waals surface area contributed by atoms with Gasteiger partial charge < -0.3 is 19.6 Å². The molecule has 5 aliphatic heterocycles. The van der Waals surface area contributed by atoms with Gasteiger partial charge in [0.15, 0.2) is 0 Å². The van der Waals surface area contributed by atoms with Gasteiger partial charge in [-0.1, -0.05) is 6.07 Å². The molecule has 0 saturated carbocycles. The van der Waals surface area contributed by atoms with Crippen LogP contribution in [0, 0.1) is 18.3 Å². The molecule has 2 aromatic heterocycles. The molecule has 0 radical (unpaired) electrons. The quantitative estimate of drug-likeness (QED) is 0.374. The number of hydrogen-bond acceptors (Lipinski definition) is 7. The summed E-state index contributed by atoms with van der Waals surface area (Å²) in [5.74, 6) is -0.197. The van der Waals surface area contributed by atoms with E-state index in [4.69, 9.17) is 0 Å². The summed E-state index contributed by atoms with van der Waals surface area (Å²) in [7, 11) is 0. The van der Waals surface area contributed by atoms with E-state index in [1.54, 1.807) is 6.20 Å². The molecule has 0 N–H and O–H groups in total. The van der Waals surface area contributed by atoms with Gasteiger partial charge in [-0.25, -0.2) is 0 Å². The van der Waals surface area contributed by atoms with Gasteiger partial charge in [-0.3, -0.25) is 29.3 Å². The summed E-state index contributed by atoms with van der Waals surface area (Å²) in [6.45, 7) is 7.46. The SMILES string of the molecule is Cc1cc(C[C@@H](CC(=O)N2CCC(N3C(=O)Cc4ncccc43)CC2)C(=O)N2CCC3(CCN(c4ccncc4)CC3)C2)cc2c1CN=C2. The fourth-order valence-electron chi connectivity index (χ4n) is 8.98. The van der Waals surface area contributed by atoms with Gasteiger partial charge in [0, 0.05) is 82.2 Å². The number of aliphatic imine (C=N–C) groups is 1. The van der Waals surface area contributed by atoms with Crippen molar-refractivity contribution in [2.75, 3.05) is 49.1 Å². The zero-order valence-electron chi connectivity index (χ0n) is 28.4. The Kier molecular flexibility index (Phi) is 8.41. The van der Waals surface area contributed by atoms with Gasteiger partial charge >= 0.3 is 0 Å². The van der Waals surface area contributed by atoms with Crippen molar-refractivity contribution in [3.63, 3.8) is 0 Å². The zero-order chi connectivity index (χ0) is 33.5. The maximum absolute atomic E-state index is 14.4. The van der Waals surface area contributed by atoms with Crippen LogP contribution >= 0.6 is 0 Å². The number of fused-ring (bicyclic) bond motifs is 2. The van der Waals surface area contributed by atoms with Gasteiger partial charge in [0.2, 0.25) is 17.7 Å². The largest absolute Gasteiger partial charge is 0.371 e. The topological polar surface area (TPSA) is 102 Å². The summed E-state index contributed by atoms with van der Waals surface area (Å²) in [5, 5.41) is 0. The van der Waals surface area contributed by atoms with Crippen LogP contribution in [-0.4, -0.2) is 89.0 Å². The molecule has 0 unspecified atom stereocenters. The van der Waals surface area contributed by atoms with E-state index in [1.165, 1.54) is 16.8 Å². The second-order valence-corrected chi connectivity index (χ2v) is 14.8. The summed E-state index contributed by atoms with van der Waals surface area (Å²) >= 11 is 0. The smallest absolute Gasteiger partial charge is 0.233 e. The number of anilines is 2. The number of rotatable bonds is 7. The van der Waals surface area contributed by atoms with Crippen molar-refractivity contribution in [3.8, 4) is 0 Å². The first-order valence-corrected chi connectivity index (χ1v) is 18.0. The molecule has 0 bridgehead atoms. The van der Waals surface area contributed by atoms with Crippen LogP contribution in [0.3, 0.4) is 0 Å². The number of likely N-dealkylation sites (tertiary alicyclic amines) is 2. The number of hydrogen-bond donors (Lipinski definition) is 0. The average molecular weight is 660 g/mol. The third-order valence-electron chi connectivity index (χ3n) is 11.8. The summed E-state index contributed by atoms with van der Waals surface area (Å²) in [6, 6.07) is 12.4. The molecule has 1 spiro atoms. The van der Waals surface area contributed by atoms with Crippen LogP contribution in [0.5, 0.6) is 0 Å². The number of aromatic nitrogens is 2. The van der Waals surface area contributed by atoms with E-state index in [1.807, 2.05) is 40.5 Å². The van der Waals surface area contributed by atoms with Crippen LogP contribution in [0.4, 0.5) is 11.4 Å². The summed E-state index contributed by atoms with van der Waals surface area (Å²) in [5.41, 5.74) is 7.75. The molecular weight excluding hydrogens is 614 g/mol. The van der Waals surface area contributed by atoms with Crippen LogP contribution in [0.15, 0.2) is 60.0 Å². The number of pyridine rings is 2. The van der Waals surface area contributed by atoms with Crippen molar-refractivity contribution in [2.24, 2.45) is 16.3 Å². The molecule has 254 valence electrons. The molecule has 3 aromatic rings. The molecule has 3 fully saturated rings. The predicted molar refractivity (Wildman–Crippen MR) is 189 cm³/mol. The highest BCUT2D eigenvalue weighted by Crippen LogP contribution is 2.42. The summed E-state index contributed by atoms with van der Waals surface area (Å²) < 4.78 is 0. The molecule has 3 amide bonds. The number of amides is 3. The summed E-state index contributed by atoms with van der Waals surface area (Å²) in [4.78, 5) is 62.7. The normalized spacial score (nSPS) is 20.6. The Balaban J connectivity index is 0.948. The van der Waals surface area contributed by atoms with E-state index in [0.29, 0.717) is 32.5 Å². The average Bonchev–Trinajstić information content (AvgIpc) is 3.86. The maximum Gasteiger partial charge on any atom is 0.233 e. The van der Waals surface area contributed by atoms with E-state index in [9.17, 15) is 14.4 Å². The van der Waals surface area contributed by atoms with E-state index in [0.717, 1.165) is 80.8 Å². The van der Waals surface area contributed by atoms with Gasteiger partial charge in [-0.2, -0.15) is 0 Å². The van der Waals surface area contributed by atoms with Gasteiger partial charge in [0.05, 0.1) is 30.3 Å². The minimum atomic E-state index is -0.425. The molecule has 49 heavy (non-hydrogen) atoms. The highest BCUT2D eigenvalue weighted by molar-refractivity contribution is 6.01. The second-order valence-electron chi connectivity index (χ2n) is 14.8. The van der Waals surface area contributed by atoms with Gasteiger partial charge in [0.1, 0.15) is 0 Å². The van der Waals surface area contributed by atoms with E-state index < -0.39 is 5.92 Å². The molecule has 1 aromatic carbocycles. The number of piperidine rings is 2. The molecular formula is C39H45N7O3. The van der Waals surface area contributed by atoms with Gasteiger partial charge in [-0.05, 0) is 103 Å². The van der Waals surface area contributed by atoms with E-state index in [2.05, 4.69) is 55.9 Å². The fraction of sp³-hybridized carbons (Fsp3) is 0.487. The lowest BCUT2D eigenvalue weighted by Gasteiger charge is -2.40. The van der Waals surface area contributed by atoms with Crippen molar-refractivity contribution >= 4 is 35.3 Å². The molecule has 8 rings (SSSR count). The molecule has 10 heteroatoms. The second kappa shape index (κ2) is 13.0. The Labute approximate surface area is 288 Å². The van der Waals surface area contributed by atoms with Gasteiger partial charge in [-0.15, -0.1) is 0 Å². The highest BCUT2D eigenvalue weighted by Gasteiger charge is 2.44. The number of carbonyl (C=O) groups is 3. The van der Waals surface area contributed by atoms with Crippen LogP contribution in [0.2, 0.25) is 0 Å². The number of aryl methyl sites for hydroxylation is 1. The van der Waals surface area contributed by atoms with Crippen molar-refractivity contribution < 1.29 is 14.4 Å². The molecule has 5 aliphatic rings. The molecule has 7 heterocycles. The Morgan fingerprint density at radius 1 is 0.959 bits per heavy atom. The Morgan fingerprint density at radius 3 is 2.53 bits per heavy atom. The molecule has 3 saturated heterocycles. The fourth-order valence-corrected chi connectivity index (χ4v) is 8.98. The first-order chi connectivity index (χ1) is 23.9. The van der Waals surface area contributed by atoms with Crippen LogP contribution in [0.25, 0.3) is 0 Å². The van der Waals surface area contributed by atoms with Crippen LogP contribution < -0.4 is 9.80 Å². The summed E-state index contributed by atoms with van der Waals surface area (Å²) in [6.07, 6.45) is 13.0. The maximum atomic E-state index is 14.4. The Hall–Kier alpha value is -4.60. The molecule has 1 atom stereocenters. The predicted octanol–water partition coefficient (Wildman–Crippen LogP) is 4.37. The van der Waals surface area contributed by atoms with E-state index >= 15 is 0 Å². The lowest BCUT2D eigenvalue weighted by molar-refractivity contribution is -0.141. The standard InChI is InChI=1S/C39H45N7O3/c1-27-19-28(21-30-24-41-25-33(27)30)20-29(38(49)45-18-10-39(26-45)8-16-43(17-9-39)31-4-12-40-13-5-31)22-36(47)44-14-6-32(7-15-44)46-35-3-2-11-42-34(35)23-37(46)48/h2-5,11-13,19,21,24,29,32H,6-10,14-18,20,22-23,25-26H2,1H3/t29-/m0/s1. The Morgan fingerprint density at radius 2 is 1.73 bits per heavy atom. The minimum absolute atomic E-state index is 0.0330. The zero-order valence-corrected chi connectivity index (χ0v) is 28.4. The highest BCUT2D eigenvalue weighted by atomic mass is 16.2. The van der Waals surface area contributed by atoms with Crippen molar-refractivity contribution in [3.05, 3.63) is 82.9 Å². The van der Waals surface area contributed by atoms with Crippen LogP contribution in [0.1, 0.15) is 66.5 Å². The van der Waals surface area contributed by atoms with Gasteiger partial charge in [0.25, 0.3) is 0 Å². The van der Waals surface area contributed by atoms with Crippen molar-refractivity contribution in [2.45, 2.75) is 70.9 Å². The lowest BCUT2D eigenvalue weighted by atomic mass is 9.77. The van der Waals surface area contributed by atoms with E-state index in [-0.39, 0.29) is 35.6 Å². The third-order valence-corrected chi connectivity index (χ3v) is 11.8. The number of nitrogens with zero attached hydrogens (tertiary/aromatic N) is 7. The van der Waals surface area contributed by atoms with Crippen LogP contribution in [-0.2, 0) is 33.8 Å². The first-order valence-electron chi connectivity index (χ1n) is 18.0. The van der Waals surface area contributed by atoms with Crippen molar-refractivity contribution in [1.29, 1.82) is 0 Å². The van der Waals surface area contributed by atoms with Crippen molar-refractivity contribution in [1.82, 2.24) is 19.8 Å². The third kappa shape index (κ3) is 6.22. The lowest BCUT2D eigenvalue weighted by Crippen LogP contribution is -2.49. The first kappa shape index (κ1) is 31.7. The molecule has 10 nitrogen and oxygen atoms in total. The minimum Gasteiger partial charge on any atom is -0.371 e.